The average molecular weight is 462 g/mol. The van der Waals surface area contributed by atoms with E-state index in [0.29, 0.717) is 22.8 Å². The number of thiophene rings is 1. The zero-order valence-electron chi connectivity index (χ0n) is 18.1. The van der Waals surface area contributed by atoms with Gasteiger partial charge in [0.15, 0.2) is 0 Å². The first kappa shape index (κ1) is 22.0. The monoisotopic (exact) mass is 461 g/mol. The van der Waals surface area contributed by atoms with E-state index in [0.717, 1.165) is 24.8 Å². The maximum Gasteiger partial charge on any atom is 0.348 e. The van der Waals surface area contributed by atoms with Gasteiger partial charge in [-0.15, -0.1) is 11.3 Å². The topological polar surface area (TPSA) is 81.5 Å². The van der Waals surface area contributed by atoms with E-state index in [-0.39, 0.29) is 17.5 Å². The molecule has 0 saturated heterocycles. The van der Waals surface area contributed by atoms with E-state index >= 15 is 0 Å². The number of hydrogen-bond donors (Lipinski definition) is 0. The standard InChI is InChI=1S/C22H27N3O4S2/c1-4-11-25-18-10-9-16(31(27,28)24(2)3)13-17(18)23-21(25)14-29-22(26)20-12-15-7-5-6-8-19(15)30-20/h9-10,12-13H,4-8,11,14H2,1-3H3. The molecule has 3 aromatic rings. The molecule has 0 unspecified atom stereocenters. The molecule has 2 heterocycles. The average Bonchev–Trinajstić information content (AvgIpc) is 3.33. The summed E-state index contributed by atoms with van der Waals surface area (Å²) in [6, 6.07) is 6.91. The minimum atomic E-state index is -3.55. The number of fused-ring (bicyclic) bond motifs is 2. The van der Waals surface area contributed by atoms with Gasteiger partial charge in [-0.2, -0.15) is 0 Å². The first-order valence-corrected chi connectivity index (χ1v) is 12.8. The summed E-state index contributed by atoms with van der Waals surface area (Å²) >= 11 is 1.53. The first-order valence-electron chi connectivity index (χ1n) is 10.5. The SMILES string of the molecule is CCCn1c(COC(=O)c2cc3c(s2)CCCC3)nc2cc(S(=O)(=O)N(C)C)ccc21. The molecule has 1 aromatic carbocycles. The fourth-order valence-electron chi connectivity index (χ4n) is 3.91. The smallest absolute Gasteiger partial charge is 0.348 e. The van der Waals surface area contributed by atoms with Crippen LogP contribution >= 0.6 is 11.3 Å². The van der Waals surface area contributed by atoms with E-state index in [1.165, 1.54) is 53.0 Å². The number of imidazole rings is 1. The fraction of sp³-hybridized carbons (Fsp3) is 0.455. The van der Waals surface area contributed by atoms with Crippen molar-refractivity contribution in [1.29, 1.82) is 0 Å². The Kier molecular flexibility index (Phi) is 6.18. The molecular weight excluding hydrogens is 434 g/mol. The lowest BCUT2D eigenvalue weighted by molar-refractivity contribution is 0.0464. The van der Waals surface area contributed by atoms with Crippen molar-refractivity contribution < 1.29 is 17.9 Å². The van der Waals surface area contributed by atoms with Gasteiger partial charge in [0, 0.05) is 25.5 Å². The molecule has 2 aromatic heterocycles. The predicted octanol–water partition coefficient (Wildman–Crippen LogP) is 3.99. The Morgan fingerprint density at radius 3 is 2.71 bits per heavy atom. The van der Waals surface area contributed by atoms with Crippen LogP contribution in [0.5, 0.6) is 0 Å². The maximum atomic E-state index is 12.6. The first-order chi connectivity index (χ1) is 14.8. The number of carbonyl (C=O) groups excluding carboxylic acids is 1. The minimum absolute atomic E-state index is 0.0475. The molecule has 0 atom stereocenters. The number of aromatic nitrogens is 2. The van der Waals surface area contributed by atoms with Crippen LogP contribution in [0.15, 0.2) is 29.2 Å². The van der Waals surface area contributed by atoms with Crippen LogP contribution in [-0.4, -0.2) is 42.3 Å². The number of sulfonamides is 1. The van der Waals surface area contributed by atoms with E-state index in [9.17, 15) is 13.2 Å². The van der Waals surface area contributed by atoms with Crippen LogP contribution in [-0.2, 0) is 40.8 Å². The lowest BCUT2D eigenvalue weighted by atomic mass is 9.99. The molecule has 0 radical (unpaired) electrons. The lowest BCUT2D eigenvalue weighted by Crippen LogP contribution is -2.22. The molecule has 0 saturated carbocycles. The highest BCUT2D eigenvalue weighted by Gasteiger charge is 2.21. The fourth-order valence-corrected chi connectivity index (χ4v) is 5.98. The molecular formula is C22H27N3O4S2. The van der Waals surface area contributed by atoms with Crippen molar-refractivity contribution in [3.05, 3.63) is 45.4 Å². The molecule has 0 spiro atoms. The highest BCUT2D eigenvalue weighted by atomic mass is 32.2. The van der Waals surface area contributed by atoms with Crippen LogP contribution < -0.4 is 0 Å². The molecule has 0 aliphatic heterocycles. The molecule has 1 aliphatic rings. The van der Waals surface area contributed by atoms with E-state index in [1.807, 2.05) is 10.6 Å². The number of ether oxygens (including phenoxy) is 1. The second-order valence-corrected chi connectivity index (χ2v) is 11.2. The Labute approximate surface area is 186 Å². The number of nitrogens with zero attached hydrogens (tertiary/aromatic N) is 3. The number of carbonyl (C=O) groups is 1. The van der Waals surface area contributed by atoms with Gasteiger partial charge in [0.2, 0.25) is 10.0 Å². The van der Waals surface area contributed by atoms with Crippen molar-refractivity contribution in [2.24, 2.45) is 0 Å². The summed E-state index contributed by atoms with van der Waals surface area (Å²) in [5.74, 6) is 0.288. The molecule has 0 N–H and O–H groups in total. The highest BCUT2D eigenvalue weighted by Crippen LogP contribution is 2.30. The van der Waals surface area contributed by atoms with Crippen LogP contribution in [0.2, 0.25) is 0 Å². The lowest BCUT2D eigenvalue weighted by Gasteiger charge is -2.11. The van der Waals surface area contributed by atoms with Crippen LogP contribution in [0.1, 0.15) is 52.1 Å². The summed E-state index contributed by atoms with van der Waals surface area (Å²) in [5.41, 5.74) is 2.68. The summed E-state index contributed by atoms with van der Waals surface area (Å²) in [6.45, 7) is 2.81. The summed E-state index contributed by atoms with van der Waals surface area (Å²) < 4.78 is 33.7. The third-order valence-electron chi connectivity index (χ3n) is 5.55. The molecule has 166 valence electrons. The maximum absolute atomic E-state index is 12.6. The normalized spacial score (nSPS) is 14.2. The van der Waals surface area contributed by atoms with Crippen molar-refractivity contribution in [3.8, 4) is 0 Å². The third kappa shape index (κ3) is 4.26. The Morgan fingerprint density at radius 2 is 2.00 bits per heavy atom. The Morgan fingerprint density at radius 1 is 1.23 bits per heavy atom. The number of hydrogen-bond acceptors (Lipinski definition) is 6. The summed E-state index contributed by atoms with van der Waals surface area (Å²) in [6.07, 6.45) is 5.29. The molecule has 0 fully saturated rings. The van der Waals surface area contributed by atoms with Gasteiger partial charge < -0.3 is 9.30 Å². The zero-order chi connectivity index (χ0) is 22.2. The predicted molar refractivity (Wildman–Crippen MR) is 121 cm³/mol. The molecule has 31 heavy (non-hydrogen) atoms. The van der Waals surface area contributed by atoms with Crippen molar-refractivity contribution >= 4 is 38.4 Å². The van der Waals surface area contributed by atoms with E-state index in [2.05, 4.69) is 11.9 Å². The Hall–Kier alpha value is -2.23. The molecule has 0 bridgehead atoms. The summed E-state index contributed by atoms with van der Waals surface area (Å²) in [7, 11) is -0.543. The Bertz CT molecular complexity index is 1200. The van der Waals surface area contributed by atoms with Crippen LogP contribution in [0.4, 0.5) is 0 Å². The van der Waals surface area contributed by atoms with Crippen molar-refractivity contribution in [1.82, 2.24) is 13.9 Å². The van der Waals surface area contributed by atoms with Gasteiger partial charge in [-0.25, -0.2) is 22.5 Å². The molecule has 4 rings (SSSR count). The summed E-state index contributed by atoms with van der Waals surface area (Å²) in [5, 5.41) is 0. The zero-order valence-corrected chi connectivity index (χ0v) is 19.7. The Balaban J connectivity index is 1.59. The van der Waals surface area contributed by atoms with E-state index in [4.69, 9.17) is 4.74 Å². The summed E-state index contributed by atoms with van der Waals surface area (Å²) in [4.78, 5) is 19.4. The van der Waals surface area contributed by atoms with Gasteiger partial charge in [0.25, 0.3) is 0 Å². The van der Waals surface area contributed by atoms with Gasteiger partial charge in [0.1, 0.15) is 17.3 Å². The number of esters is 1. The molecule has 1 aliphatic carbocycles. The van der Waals surface area contributed by atoms with E-state index in [1.54, 1.807) is 18.2 Å². The second-order valence-electron chi connectivity index (χ2n) is 7.96. The van der Waals surface area contributed by atoms with Gasteiger partial charge >= 0.3 is 5.97 Å². The molecule has 0 amide bonds. The van der Waals surface area contributed by atoms with E-state index < -0.39 is 10.0 Å². The largest absolute Gasteiger partial charge is 0.453 e. The molecule has 7 nitrogen and oxygen atoms in total. The molecule has 9 heteroatoms. The van der Waals surface area contributed by atoms with Crippen molar-refractivity contribution in [3.63, 3.8) is 0 Å². The van der Waals surface area contributed by atoms with Crippen molar-refractivity contribution in [2.45, 2.75) is 57.1 Å². The van der Waals surface area contributed by atoms with Crippen LogP contribution in [0, 0.1) is 0 Å². The van der Waals surface area contributed by atoms with Crippen LogP contribution in [0.25, 0.3) is 11.0 Å². The van der Waals surface area contributed by atoms with Crippen molar-refractivity contribution in [2.75, 3.05) is 14.1 Å². The van der Waals surface area contributed by atoms with Gasteiger partial charge in [-0.3, -0.25) is 0 Å². The van der Waals surface area contributed by atoms with Gasteiger partial charge in [-0.05, 0) is 61.9 Å². The second kappa shape index (κ2) is 8.72. The van der Waals surface area contributed by atoms with Crippen LogP contribution in [0.3, 0.4) is 0 Å². The minimum Gasteiger partial charge on any atom is -0.453 e. The van der Waals surface area contributed by atoms with Gasteiger partial charge in [0.05, 0.1) is 15.9 Å². The third-order valence-corrected chi connectivity index (χ3v) is 8.58. The number of rotatable bonds is 7. The van der Waals surface area contributed by atoms with Gasteiger partial charge in [-0.1, -0.05) is 6.92 Å². The number of aryl methyl sites for hydroxylation is 3. The highest BCUT2D eigenvalue weighted by molar-refractivity contribution is 7.89. The number of benzene rings is 1. The quantitative estimate of drug-likeness (QED) is 0.497.